The molecule has 2 N–H and O–H groups in total. The Bertz CT molecular complexity index is 221. The molecule has 0 radical (unpaired) electrons. The van der Waals surface area contributed by atoms with Crippen molar-refractivity contribution in [2.24, 2.45) is 17.6 Å². The summed E-state index contributed by atoms with van der Waals surface area (Å²) >= 11 is 0. The highest BCUT2D eigenvalue weighted by molar-refractivity contribution is 5.85. The lowest BCUT2D eigenvalue weighted by atomic mass is 10.0. The molecular formula is C12H25ClN2O. The van der Waals surface area contributed by atoms with Crippen molar-refractivity contribution in [2.75, 3.05) is 13.1 Å². The smallest absolute Gasteiger partial charge is 0.227 e. The minimum absolute atomic E-state index is 0. The van der Waals surface area contributed by atoms with Crippen LogP contribution in [0.1, 0.15) is 40.0 Å². The summed E-state index contributed by atoms with van der Waals surface area (Å²) in [6.45, 7) is 7.99. The van der Waals surface area contributed by atoms with Gasteiger partial charge in [-0.25, -0.2) is 0 Å². The standard InChI is InChI=1S/C12H24N2O.ClH/c1-4-14(8-9(2)3)12(15)10-6-5-7-11(10)13;/h9-11H,4-8,13H2,1-3H3;1H. The predicted molar refractivity (Wildman–Crippen MR) is 69.7 cm³/mol. The summed E-state index contributed by atoms with van der Waals surface area (Å²) in [5.74, 6) is 0.895. The molecule has 0 heterocycles. The maximum absolute atomic E-state index is 12.2. The number of hydrogen-bond donors (Lipinski definition) is 1. The summed E-state index contributed by atoms with van der Waals surface area (Å²) in [5.41, 5.74) is 5.96. The van der Waals surface area contributed by atoms with Gasteiger partial charge in [0.2, 0.25) is 5.91 Å². The fourth-order valence-electron chi connectivity index (χ4n) is 2.35. The van der Waals surface area contributed by atoms with Gasteiger partial charge in [-0.1, -0.05) is 20.3 Å². The Balaban J connectivity index is 0.00000225. The number of carbonyl (C=O) groups excluding carboxylic acids is 1. The SMILES string of the molecule is CCN(CC(C)C)C(=O)C1CCCC1N.Cl. The molecule has 1 fully saturated rings. The molecule has 2 unspecified atom stereocenters. The monoisotopic (exact) mass is 248 g/mol. The Labute approximate surface area is 105 Å². The number of hydrogen-bond acceptors (Lipinski definition) is 2. The van der Waals surface area contributed by atoms with Gasteiger partial charge in [0, 0.05) is 19.1 Å². The summed E-state index contributed by atoms with van der Waals surface area (Å²) in [6.07, 6.45) is 3.10. The largest absolute Gasteiger partial charge is 0.342 e. The summed E-state index contributed by atoms with van der Waals surface area (Å²) in [7, 11) is 0. The second kappa shape index (κ2) is 7.13. The van der Waals surface area contributed by atoms with Gasteiger partial charge in [0.15, 0.2) is 0 Å². The van der Waals surface area contributed by atoms with Crippen LogP contribution in [0.25, 0.3) is 0 Å². The number of nitrogens with zero attached hydrogens (tertiary/aromatic N) is 1. The van der Waals surface area contributed by atoms with Crippen molar-refractivity contribution in [3.63, 3.8) is 0 Å². The van der Waals surface area contributed by atoms with Crippen LogP contribution in [0.4, 0.5) is 0 Å². The Morgan fingerprint density at radius 3 is 2.44 bits per heavy atom. The van der Waals surface area contributed by atoms with Gasteiger partial charge in [-0.15, -0.1) is 12.4 Å². The Kier molecular flexibility index (Phi) is 7.00. The Morgan fingerprint density at radius 1 is 1.44 bits per heavy atom. The van der Waals surface area contributed by atoms with E-state index in [1.54, 1.807) is 0 Å². The van der Waals surface area contributed by atoms with Crippen molar-refractivity contribution in [1.29, 1.82) is 0 Å². The van der Waals surface area contributed by atoms with E-state index in [0.29, 0.717) is 5.92 Å². The fourth-order valence-corrected chi connectivity index (χ4v) is 2.35. The first-order chi connectivity index (χ1) is 7.06. The second-order valence-electron chi connectivity index (χ2n) is 4.97. The number of halogens is 1. The second-order valence-corrected chi connectivity index (χ2v) is 4.97. The van der Waals surface area contributed by atoms with E-state index in [9.17, 15) is 4.79 Å². The van der Waals surface area contributed by atoms with Crippen molar-refractivity contribution < 1.29 is 4.79 Å². The lowest BCUT2D eigenvalue weighted by Crippen LogP contribution is -2.43. The zero-order chi connectivity index (χ0) is 11.4. The summed E-state index contributed by atoms with van der Waals surface area (Å²) in [5, 5.41) is 0. The summed E-state index contributed by atoms with van der Waals surface area (Å²) in [4.78, 5) is 14.1. The lowest BCUT2D eigenvalue weighted by Gasteiger charge is -2.27. The predicted octanol–water partition coefficient (Wildman–Crippen LogP) is 2.04. The molecule has 1 rings (SSSR count). The van der Waals surface area contributed by atoms with Gasteiger partial charge < -0.3 is 10.6 Å². The van der Waals surface area contributed by atoms with E-state index in [0.717, 1.165) is 32.4 Å². The highest BCUT2D eigenvalue weighted by Crippen LogP contribution is 2.26. The van der Waals surface area contributed by atoms with Gasteiger partial charge in [0.25, 0.3) is 0 Å². The quantitative estimate of drug-likeness (QED) is 0.828. The molecule has 0 saturated heterocycles. The molecule has 1 aliphatic rings. The van der Waals surface area contributed by atoms with Crippen LogP contribution in [-0.2, 0) is 4.79 Å². The zero-order valence-electron chi connectivity index (χ0n) is 10.6. The van der Waals surface area contributed by atoms with Crippen LogP contribution < -0.4 is 5.73 Å². The first-order valence-corrected chi connectivity index (χ1v) is 6.10. The summed E-state index contributed by atoms with van der Waals surface area (Å²) in [6, 6.07) is 0.0960. The third kappa shape index (κ3) is 3.95. The summed E-state index contributed by atoms with van der Waals surface area (Å²) < 4.78 is 0. The molecule has 0 spiro atoms. The van der Waals surface area contributed by atoms with E-state index < -0.39 is 0 Å². The van der Waals surface area contributed by atoms with Gasteiger partial charge in [0.05, 0.1) is 5.92 Å². The topological polar surface area (TPSA) is 46.3 Å². The third-order valence-electron chi connectivity index (χ3n) is 3.17. The van der Waals surface area contributed by atoms with E-state index in [1.807, 2.05) is 11.8 Å². The molecule has 96 valence electrons. The minimum Gasteiger partial charge on any atom is -0.342 e. The van der Waals surface area contributed by atoms with Gasteiger partial charge in [0.1, 0.15) is 0 Å². The van der Waals surface area contributed by atoms with Crippen LogP contribution in [0.2, 0.25) is 0 Å². The highest BCUT2D eigenvalue weighted by atomic mass is 35.5. The van der Waals surface area contributed by atoms with Crippen LogP contribution in [0.3, 0.4) is 0 Å². The molecule has 1 aliphatic carbocycles. The van der Waals surface area contributed by atoms with Crippen LogP contribution in [-0.4, -0.2) is 29.9 Å². The van der Waals surface area contributed by atoms with E-state index >= 15 is 0 Å². The molecule has 0 bridgehead atoms. The highest BCUT2D eigenvalue weighted by Gasteiger charge is 2.32. The Morgan fingerprint density at radius 2 is 2.06 bits per heavy atom. The molecule has 4 heteroatoms. The van der Waals surface area contributed by atoms with Crippen LogP contribution in [0.15, 0.2) is 0 Å². The molecule has 1 saturated carbocycles. The van der Waals surface area contributed by atoms with Gasteiger partial charge in [-0.3, -0.25) is 4.79 Å². The van der Waals surface area contributed by atoms with Gasteiger partial charge in [-0.2, -0.15) is 0 Å². The maximum Gasteiger partial charge on any atom is 0.227 e. The van der Waals surface area contributed by atoms with Crippen molar-refractivity contribution in [3.05, 3.63) is 0 Å². The molecule has 1 amide bonds. The van der Waals surface area contributed by atoms with Crippen molar-refractivity contribution in [2.45, 2.75) is 46.1 Å². The lowest BCUT2D eigenvalue weighted by molar-refractivity contribution is -0.136. The van der Waals surface area contributed by atoms with E-state index in [2.05, 4.69) is 13.8 Å². The molecule has 0 aromatic heterocycles. The molecule has 16 heavy (non-hydrogen) atoms. The number of carbonyl (C=O) groups is 1. The van der Waals surface area contributed by atoms with Gasteiger partial charge >= 0.3 is 0 Å². The van der Waals surface area contributed by atoms with E-state index in [-0.39, 0.29) is 30.3 Å². The third-order valence-corrected chi connectivity index (χ3v) is 3.17. The van der Waals surface area contributed by atoms with Crippen LogP contribution in [0.5, 0.6) is 0 Å². The van der Waals surface area contributed by atoms with Crippen molar-refractivity contribution in [1.82, 2.24) is 4.90 Å². The van der Waals surface area contributed by atoms with Crippen molar-refractivity contribution in [3.8, 4) is 0 Å². The van der Waals surface area contributed by atoms with Crippen LogP contribution in [0, 0.1) is 11.8 Å². The number of nitrogens with two attached hydrogens (primary N) is 1. The molecule has 2 atom stereocenters. The van der Waals surface area contributed by atoms with E-state index in [4.69, 9.17) is 5.73 Å². The minimum atomic E-state index is 0. The zero-order valence-corrected chi connectivity index (χ0v) is 11.4. The molecule has 0 aromatic carbocycles. The number of rotatable bonds is 4. The number of amides is 1. The molecular weight excluding hydrogens is 224 g/mol. The average Bonchev–Trinajstić information content (AvgIpc) is 2.59. The molecule has 0 aliphatic heterocycles. The van der Waals surface area contributed by atoms with Gasteiger partial charge in [-0.05, 0) is 25.7 Å². The Hall–Kier alpha value is -0.280. The van der Waals surface area contributed by atoms with E-state index in [1.165, 1.54) is 0 Å². The average molecular weight is 249 g/mol. The first-order valence-electron chi connectivity index (χ1n) is 6.10. The van der Waals surface area contributed by atoms with Crippen molar-refractivity contribution >= 4 is 18.3 Å². The molecule has 3 nitrogen and oxygen atoms in total. The maximum atomic E-state index is 12.2. The van der Waals surface area contributed by atoms with Crippen LogP contribution >= 0.6 is 12.4 Å². The molecule has 0 aromatic rings. The first kappa shape index (κ1) is 15.7. The fraction of sp³-hybridized carbons (Fsp3) is 0.917. The normalized spacial score (nSPS) is 24.3.